The third-order valence-electron chi connectivity index (χ3n) is 2.86. The average Bonchev–Trinajstić information content (AvgIpc) is 2.45. The van der Waals surface area contributed by atoms with Crippen LogP contribution in [-0.4, -0.2) is 12.2 Å². The first kappa shape index (κ1) is 13.7. The van der Waals surface area contributed by atoms with Crippen molar-refractivity contribution in [1.82, 2.24) is 0 Å². The van der Waals surface area contributed by atoms with E-state index in [4.69, 9.17) is 21.4 Å². The lowest BCUT2D eigenvalue weighted by molar-refractivity contribution is 0.282. The highest BCUT2D eigenvalue weighted by Gasteiger charge is 2.06. The molecule has 4 heteroatoms. The second-order valence-corrected chi connectivity index (χ2v) is 4.56. The first-order chi connectivity index (χ1) is 9.24. The molecule has 100 valence electrons. The third-order valence-corrected chi connectivity index (χ3v) is 3.16. The summed E-state index contributed by atoms with van der Waals surface area (Å²) in [5.41, 5.74) is 2.89. The molecule has 0 fully saturated rings. The largest absolute Gasteiger partial charge is 0.493 e. The van der Waals surface area contributed by atoms with Gasteiger partial charge >= 0.3 is 0 Å². The Morgan fingerprint density at radius 3 is 2.42 bits per heavy atom. The molecule has 0 atom stereocenters. The van der Waals surface area contributed by atoms with Crippen molar-refractivity contribution in [1.29, 1.82) is 0 Å². The van der Waals surface area contributed by atoms with Crippen LogP contribution >= 0.6 is 11.6 Å². The summed E-state index contributed by atoms with van der Waals surface area (Å²) in [6, 6.07) is 13.4. The third kappa shape index (κ3) is 3.40. The molecule has 0 aliphatic heterocycles. The van der Waals surface area contributed by atoms with E-state index in [0.717, 1.165) is 16.8 Å². The molecule has 0 amide bonds. The second kappa shape index (κ2) is 6.45. The fourth-order valence-electron chi connectivity index (χ4n) is 1.82. The van der Waals surface area contributed by atoms with Crippen molar-refractivity contribution in [2.24, 2.45) is 0 Å². The lowest BCUT2D eigenvalue weighted by atomic mass is 10.1. The van der Waals surface area contributed by atoms with Gasteiger partial charge in [-0.15, -0.1) is 0 Å². The number of nitrogens with one attached hydrogen (secondary N) is 1. The van der Waals surface area contributed by atoms with E-state index in [-0.39, 0.29) is 6.61 Å². The number of hydrogen-bond acceptors (Lipinski definition) is 3. The highest BCUT2D eigenvalue weighted by atomic mass is 35.5. The topological polar surface area (TPSA) is 41.5 Å². The highest BCUT2D eigenvalue weighted by molar-refractivity contribution is 6.32. The Hall–Kier alpha value is -1.71. The minimum Gasteiger partial charge on any atom is -0.493 e. The summed E-state index contributed by atoms with van der Waals surface area (Å²) in [7, 11) is 1.60. The SMILES string of the molecule is COc1c(Cl)cccc1NCc1ccc(CO)cc1. The lowest BCUT2D eigenvalue weighted by Gasteiger charge is -2.12. The number of benzene rings is 2. The number of ether oxygens (including phenoxy) is 1. The van der Waals surface area contributed by atoms with E-state index in [1.165, 1.54) is 0 Å². The van der Waals surface area contributed by atoms with Gasteiger partial charge in [0.2, 0.25) is 0 Å². The summed E-state index contributed by atoms with van der Waals surface area (Å²) in [6.45, 7) is 0.734. The van der Waals surface area contributed by atoms with Crippen molar-refractivity contribution in [3.05, 3.63) is 58.6 Å². The number of hydrogen-bond donors (Lipinski definition) is 2. The van der Waals surface area contributed by atoms with Crippen LogP contribution in [-0.2, 0) is 13.2 Å². The molecule has 0 aliphatic carbocycles. The van der Waals surface area contributed by atoms with Gasteiger partial charge in [-0.1, -0.05) is 41.9 Å². The van der Waals surface area contributed by atoms with Gasteiger partial charge in [-0.3, -0.25) is 0 Å². The molecular weight excluding hydrogens is 262 g/mol. The Bertz CT molecular complexity index is 540. The van der Waals surface area contributed by atoms with Crippen molar-refractivity contribution >= 4 is 17.3 Å². The summed E-state index contributed by atoms with van der Waals surface area (Å²) < 4.78 is 5.27. The molecular formula is C15H16ClNO2. The molecule has 0 heterocycles. The molecule has 2 aromatic rings. The van der Waals surface area contributed by atoms with Gasteiger partial charge in [0.25, 0.3) is 0 Å². The van der Waals surface area contributed by atoms with Gasteiger partial charge in [0.1, 0.15) is 0 Å². The summed E-state index contributed by atoms with van der Waals surface area (Å²) in [5.74, 6) is 0.649. The van der Waals surface area contributed by atoms with E-state index in [0.29, 0.717) is 17.3 Å². The zero-order chi connectivity index (χ0) is 13.7. The number of para-hydroxylation sites is 1. The minimum atomic E-state index is 0.0653. The Balaban J connectivity index is 2.07. The van der Waals surface area contributed by atoms with E-state index in [1.807, 2.05) is 36.4 Å². The number of halogens is 1. The van der Waals surface area contributed by atoms with Crippen molar-refractivity contribution in [2.45, 2.75) is 13.2 Å². The number of rotatable bonds is 5. The zero-order valence-electron chi connectivity index (χ0n) is 10.7. The van der Waals surface area contributed by atoms with E-state index in [1.54, 1.807) is 13.2 Å². The van der Waals surface area contributed by atoms with Crippen LogP contribution in [0.5, 0.6) is 5.75 Å². The van der Waals surface area contributed by atoms with Crippen LogP contribution in [0.4, 0.5) is 5.69 Å². The van der Waals surface area contributed by atoms with Crippen molar-refractivity contribution in [3.63, 3.8) is 0 Å². The molecule has 0 unspecified atom stereocenters. The molecule has 0 bridgehead atoms. The van der Waals surface area contributed by atoms with Crippen molar-refractivity contribution < 1.29 is 9.84 Å². The Kier molecular flexibility index (Phi) is 4.66. The number of anilines is 1. The average molecular weight is 278 g/mol. The molecule has 0 radical (unpaired) electrons. The van der Waals surface area contributed by atoms with Gasteiger partial charge in [-0.2, -0.15) is 0 Å². The fourth-order valence-corrected chi connectivity index (χ4v) is 2.07. The quantitative estimate of drug-likeness (QED) is 0.879. The zero-order valence-corrected chi connectivity index (χ0v) is 11.4. The van der Waals surface area contributed by atoms with Gasteiger partial charge in [-0.05, 0) is 23.3 Å². The summed E-state index contributed by atoms with van der Waals surface area (Å²) in [6.07, 6.45) is 0. The van der Waals surface area contributed by atoms with Crippen LogP contribution in [0.1, 0.15) is 11.1 Å². The predicted octanol–water partition coefficient (Wildman–Crippen LogP) is 3.45. The van der Waals surface area contributed by atoms with Gasteiger partial charge in [0.15, 0.2) is 5.75 Å². The maximum atomic E-state index is 8.99. The normalized spacial score (nSPS) is 10.3. The van der Waals surface area contributed by atoms with Gasteiger partial charge in [0.05, 0.1) is 24.4 Å². The van der Waals surface area contributed by atoms with Crippen LogP contribution in [0.2, 0.25) is 5.02 Å². The summed E-state index contributed by atoms with van der Waals surface area (Å²) >= 11 is 6.06. The highest BCUT2D eigenvalue weighted by Crippen LogP contribution is 2.32. The molecule has 3 nitrogen and oxygen atoms in total. The first-order valence-corrected chi connectivity index (χ1v) is 6.37. The first-order valence-electron chi connectivity index (χ1n) is 5.99. The van der Waals surface area contributed by atoms with E-state index >= 15 is 0 Å². The second-order valence-electron chi connectivity index (χ2n) is 4.15. The molecule has 0 aromatic heterocycles. The maximum Gasteiger partial charge on any atom is 0.160 e. The predicted molar refractivity (Wildman–Crippen MR) is 77.7 cm³/mol. The number of aliphatic hydroxyl groups excluding tert-OH is 1. The smallest absolute Gasteiger partial charge is 0.160 e. The lowest BCUT2D eigenvalue weighted by Crippen LogP contribution is -2.01. The van der Waals surface area contributed by atoms with Gasteiger partial charge in [0, 0.05) is 6.54 Å². The van der Waals surface area contributed by atoms with E-state index in [9.17, 15) is 0 Å². The monoisotopic (exact) mass is 277 g/mol. The molecule has 2 aromatic carbocycles. The van der Waals surface area contributed by atoms with Crippen LogP contribution in [0.3, 0.4) is 0 Å². The van der Waals surface area contributed by atoms with Crippen molar-refractivity contribution in [2.75, 3.05) is 12.4 Å². The molecule has 2 N–H and O–H groups in total. The molecule has 19 heavy (non-hydrogen) atoms. The molecule has 2 rings (SSSR count). The molecule has 0 saturated heterocycles. The van der Waals surface area contributed by atoms with Crippen LogP contribution in [0.25, 0.3) is 0 Å². The van der Waals surface area contributed by atoms with E-state index < -0.39 is 0 Å². The Morgan fingerprint density at radius 2 is 1.79 bits per heavy atom. The van der Waals surface area contributed by atoms with Gasteiger partial charge < -0.3 is 15.2 Å². The minimum absolute atomic E-state index is 0.0653. The summed E-state index contributed by atoms with van der Waals surface area (Å²) in [5, 5.41) is 12.9. The molecule has 0 saturated carbocycles. The van der Waals surface area contributed by atoms with Crippen molar-refractivity contribution in [3.8, 4) is 5.75 Å². The van der Waals surface area contributed by atoms with Crippen LogP contribution < -0.4 is 10.1 Å². The fraction of sp³-hybridized carbons (Fsp3) is 0.200. The maximum absolute atomic E-state index is 8.99. The number of aliphatic hydroxyl groups is 1. The van der Waals surface area contributed by atoms with E-state index in [2.05, 4.69) is 5.32 Å². The van der Waals surface area contributed by atoms with Gasteiger partial charge in [-0.25, -0.2) is 0 Å². The van der Waals surface area contributed by atoms with Crippen LogP contribution in [0, 0.1) is 0 Å². The Labute approximate surface area is 117 Å². The Morgan fingerprint density at radius 1 is 1.11 bits per heavy atom. The molecule has 0 aliphatic rings. The number of methoxy groups -OCH3 is 1. The molecule has 0 spiro atoms. The summed E-state index contributed by atoms with van der Waals surface area (Å²) in [4.78, 5) is 0. The standard InChI is InChI=1S/C15H16ClNO2/c1-19-15-13(16)3-2-4-14(15)17-9-11-5-7-12(10-18)8-6-11/h2-8,17-18H,9-10H2,1H3. The van der Waals surface area contributed by atoms with Crippen LogP contribution in [0.15, 0.2) is 42.5 Å².